The van der Waals surface area contributed by atoms with Gasteiger partial charge in [0.15, 0.2) is 0 Å². The number of halogens is 2. The fourth-order valence-electron chi connectivity index (χ4n) is 0.980. The van der Waals surface area contributed by atoms with E-state index >= 15 is 0 Å². The minimum Gasteiger partial charge on any atom is -0.326 e. The maximum atomic E-state index is 12.6. The highest BCUT2D eigenvalue weighted by Gasteiger charge is 2.16. The molecule has 0 saturated carbocycles. The fraction of sp³-hybridized carbons (Fsp3) is 0.125. The Morgan fingerprint density at radius 3 is 2.47 bits per heavy atom. The molecule has 1 rings (SSSR count). The monoisotopic (exact) mass is 251 g/mol. The van der Waals surface area contributed by atoms with E-state index in [4.69, 9.17) is 11.6 Å². The molecular formula is C8H7ClFNO3S. The van der Waals surface area contributed by atoms with Crippen molar-refractivity contribution in [1.82, 2.24) is 0 Å². The van der Waals surface area contributed by atoms with E-state index in [2.05, 4.69) is 5.32 Å². The van der Waals surface area contributed by atoms with Gasteiger partial charge in [0.2, 0.25) is 5.91 Å². The molecule has 0 aliphatic carbocycles. The van der Waals surface area contributed by atoms with Crippen LogP contribution in [0.5, 0.6) is 0 Å². The van der Waals surface area contributed by atoms with E-state index < -0.39 is 15.1 Å². The lowest BCUT2D eigenvalue weighted by molar-refractivity contribution is -0.114. The lowest BCUT2D eigenvalue weighted by Gasteiger charge is -2.04. The van der Waals surface area contributed by atoms with Gasteiger partial charge in [0.05, 0.1) is 5.02 Å². The number of rotatable bonds is 2. The third-order valence-electron chi connectivity index (χ3n) is 1.51. The number of nitrogens with one attached hydrogen (secondary N) is 1. The molecule has 15 heavy (non-hydrogen) atoms. The molecule has 0 atom stereocenters. The minimum atomic E-state index is -4.82. The van der Waals surface area contributed by atoms with Crippen LogP contribution < -0.4 is 5.32 Å². The molecule has 0 unspecified atom stereocenters. The topological polar surface area (TPSA) is 63.2 Å². The molecule has 0 aliphatic rings. The Balaban J connectivity index is 3.15. The molecule has 4 nitrogen and oxygen atoms in total. The molecule has 0 bridgehead atoms. The molecule has 0 aliphatic heterocycles. The first-order valence-corrected chi connectivity index (χ1v) is 5.58. The van der Waals surface area contributed by atoms with Crippen molar-refractivity contribution < 1.29 is 17.1 Å². The van der Waals surface area contributed by atoms with E-state index in [1.54, 1.807) is 0 Å². The molecule has 0 aromatic heterocycles. The summed E-state index contributed by atoms with van der Waals surface area (Å²) in [7, 11) is -4.82. The van der Waals surface area contributed by atoms with Crippen molar-refractivity contribution in [2.75, 3.05) is 5.32 Å². The summed E-state index contributed by atoms with van der Waals surface area (Å²) < 4.78 is 33.7. The van der Waals surface area contributed by atoms with Gasteiger partial charge >= 0.3 is 10.2 Å². The quantitative estimate of drug-likeness (QED) is 0.818. The van der Waals surface area contributed by atoms with Crippen LogP contribution in [0.4, 0.5) is 9.57 Å². The summed E-state index contributed by atoms with van der Waals surface area (Å²) in [6.07, 6.45) is 0. The second-order valence-corrected chi connectivity index (χ2v) is 4.49. The predicted octanol–water partition coefficient (Wildman–Crippen LogP) is 1.96. The smallest absolute Gasteiger partial charge is 0.326 e. The third kappa shape index (κ3) is 3.17. The second kappa shape index (κ2) is 4.16. The molecular weight excluding hydrogens is 245 g/mol. The zero-order chi connectivity index (χ0) is 11.6. The van der Waals surface area contributed by atoms with Crippen LogP contribution in [0.25, 0.3) is 0 Å². The summed E-state index contributed by atoms with van der Waals surface area (Å²) in [6, 6.07) is 3.40. The van der Waals surface area contributed by atoms with E-state index in [1.165, 1.54) is 13.0 Å². The minimum absolute atomic E-state index is 0.274. The first kappa shape index (κ1) is 11.9. The van der Waals surface area contributed by atoms with Gasteiger partial charge in [-0.05, 0) is 18.2 Å². The summed E-state index contributed by atoms with van der Waals surface area (Å²) in [4.78, 5) is 10.0. The molecule has 1 amide bonds. The first-order chi connectivity index (χ1) is 6.80. The van der Waals surface area contributed by atoms with E-state index in [9.17, 15) is 17.1 Å². The maximum Gasteiger partial charge on any atom is 0.333 e. The molecule has 0 radical (unpaired) electrons. The molecule has 0 saturated heterocycles. The predicted molar refractivity (Wildman–Crippen MR) is 54.0 cm³/mol. The molecule has 0 spiro atoms. The van der Waals surface area contributed by atoms with Crippen molar-refractivity contribution in [2.45, 2.75) is 11.8 Å². The second-order valence-electron chi connectivity index (χ2n) is 2.76. The standard InChI is InChI=1S/C8H7ClFNO3S/c1-5(12)11-6-2-3-8(7(9)4-6)15(10,13)14/h2-4H,1H3,(H,11,12). The highest BCUT2D eigenvalue weighted by Crippen LogP contribution is 2.26. The van der Waals surface area contributed by atoms with Crippen LogP contribution in [0.1, 0.15) is 6.92 Å². The summed E-state index contributed by atoms with van der Waals surface area (Å²) in [5, 5.41) is 2.11. The third-order valence-corrected chi connectivity index (χ3v) is 2.82. The van der Waals surface area contributed by atoms with Crippen molar-refractivity contribution in [3.8, 4) is 0 Å². The average Bonchev–Trinajstić information content (AvgIpc) is 1.99. The fourth-order valence-corrected chi connectivity index (χ4v) is 1.96. The molecule has 82 valence electrons. The Morgan fingerprint density at radius 1 is 1.47 bits per heavy atom. The van der Waals surface area contributed by atoms with Crippen molar-refractivity contribution in [1.29, 1.82) is 0 Å². The van der Waals surface area contributed by atoms with E-state index in [-0.39, 0.29) is 10.9 Å². The Labute approximate surface area is 91.3 Å². The Bertz CT molecular complexity index is 501. The van der Waals surface area contributed by atoms with Gasteiger partial charge in [-0.1, -0.05) is 11.6 Å². The molecule has 0 heterocycles. The highest BCUT2D eigenvalue weighted by molar-refractivity contribution is 7.86. The number of amides is 1. The number of carbonyl (C=O) groups excluding carboxylic acids is 1. The van der Waals surface area contributed by atoms with Crippen LogP contribution in [0, 0.1) is 0 Å². The lowest BCUT2D eigenvalue weighted by Crippen LogP contribution is -2.06. The van der Waals surface area contributed by atoms with Crippen LogP contribution in [-0.2, 0) is 15.0 Å². The lowest BCUT2D eigenvalue weighted by atomic mass is 10.3. The van der Waals surface area contributed by atoms with Gasteiger partial charge in [-0.25, -0.2) is 0 Å². The molecule has 1 aromatic carbocycles. The maximum absolute atomic E-state index is 12.6. The van der Waals surface area contributed by atoms with E-state index in [0.29, 0.717) is 5.69 Å². The van der Waals surface area contributed by atoms with E-state index in [1.807, 2.05) is 0 Å². The summed E-state index contributed by atoms with van der Waals surface area (Å²) >= 11 is 5.53. The van der Waals surface area contributed by atoms with Crippen LogP contribution in [0.3, 0.4) is 0 Å². The van der Waals surface area contributed by atoms with E-state index in [0.717, 1.165) is 12.1 Å². The van der Waals surface area contributed by atoms with Crippen LogP contribution >= 0.6 is 11.6 Å². The van der Waals surface area contributed by atoms with Crippen molar-refractivity contribution >= 4 is 33.4 Å². The van der Waals surface area contributed by atoms with Gasteiger partial charge < -0.3 is 5.32 Å². The van der Waals surface area contributed by atoms with Crippen LogP contribution in [-0.4, -0.2) is 14.3 Å². The molecule has 1 aromatic rings. The number of hydrogen-bond donors (Lipinski definition) is 1. The molecule has 1 N–H and O–H groups in total. The number of anilines is 1. The zero-order valence-electron chi connectivity index (χ0n) is 7.62. The summed E-state index contributed by atoms with van der Waals surface area (Å²) in [5.41, 5.74) is 0.305. The summed E-state index contributed by atoms with van der Waals surface area (Å²) in [5.74, 6) is -0.332. The normalized spacial score (nSPS) is 11.1. The van der Waals surface area contributed by atoms with Gasteiger partial charge in [-0.2, -0.15) is 8.42 Å². The van der Waals surface area contributed by atoms with Gasteiger partial charge in [-0.15, -0.1) is 3.89 Å². The molecule has 0 fully saturated rings. The van der Waals surface area contributed by atoms with Gasteiger partial charge in [-0.3, -0.25) is 4.79 Å². The van der Waals surface area contributed by atoms with Gasteiger partial charge in [0.25, 0.3) is 0 Å². The number of hydrogen-bond acceptors (Lipinski definition) is 3. The zero-order valence-corrected chi connectivity index (χ0v) is 9.19. The van der Waals surface area contributed by atoms with Crippen molar-refractivity contribution in [2.24, 2.45) is 0 Å². The number of carbonyl (C=O) groups is 1. The Kier molecular flexibility index (Phi) is 3.31. The Hall–Kier alpha value is -1.14. The SMILES string of the molecule is CC(=O)Nc1ccc(S(=O)(=O)F)c(Cl)c1. The van der Waals surface area contributed by atoms with Crippen molar-refractivity contribution in [3.63, 3.8) is 0 Å². The first-order valence-electron chi connectivity index (χ1n) is 3.82. The highest BCUT2D eigenvalue weighted by atomic mass is 35.5. The van der Waals surface area contributed by atoms with Gasteiger partial charge in [0.1, 0.15) is 4.90 Å². The summed E-state index contributed by atoms with van der Waals surface area (Å²) in [6.45, 7) is 1.29. The largest absolute Gasteiger partial charge is 0.333 e. The number of benzene rings is 1. The van der Waals surface area contributed by atoms with Crippen LogP contribution in [0.15, 0.2) is 23.1 Å². The van der Waals surface area contributed by atoms with Crippen molar-refractivity contribution in [3.05, 3.63) is 23.2 Å². The van der Waals surface area contributed by atoms with Gasteiger partial charge in [0, 0.05) is 12.6 Å². The van der Waals surface area contributed by atoms with Crippen LogP contribution in [0.2, 0.25) is 5.02 Å². The Morgan fingerprint density at radius 2 is 2.07 bits per heavy atom. The average molecular weight is 252 g/mol. The molecule has 7 heteroatoms.